The van der Waals surface area contributed by atoms with Gasteiger partial charge >= 0.3 is 5.97 Å². The number of hydrogen-bond donors (Lipinski definition) is 5. The summed E-state index contributed by atoms with van der Waals surface area (Å²) in [6.07, 6.45) is 2.35. The Bertz CT molecular complexity index is 312. The standard InChI is InChI=1S/C11H23N3O8/c15-11(10-5-3-6-12-10)20-7-2-1-4-9(22-14(18)19)8-21-13(16)17/h9-10,12,16-19H,1-8H2/t9-,10?/m1/s1. The van der Waals surface area contributed by atoms with Gasteiger partial charge in [0.05, 0.1) is 17.4 Å². The van der Waals surface area contributed by atoms with E-state index in [2.05, 4.69) is 15.0 Å². The first-order chi connectivity index (χ1) is 10.5. The summed E-state index contributed by atoms with van der Waals surface area (Å²) in [4.78, 5) is 20.5. The lowest BCUT2D eigenvalue weighted by Crippen LogP contribution is -2.32. The van der Waals surface area contributed by atoms with Crippen molar-refractivity contribution in [2.45, 2.75) is 44.2 Å². The van der Waals surface area contributed by atoms with E-state index in [1.54, 1.807) is 0 Å². The van der Waals surface area contributed by atoms with Gasteiger partial charge in [0.25, 0.3) is 0 Å². The fraction of sp³-hybridized carbons (Fsp3) is 0.909. The average Bonchev–Trinajstić information content (AvgIpc) is 2.97. The highest BCUT2D eigenvalue weighted by Crippen LogP contribution is 2.09. The number of unbranched alkanes of at least 4 members (excludes halogenated alkanes) is 1. The maximum absolute atomic E-state index is 11.6. The van der Waals surface area contributed by atoms with Gasteiger partial charge in [-0.3, -0.25) is 25.6 Å². The lowest BCUT2D eigenvalue weighted by Gasteiger charge is -2.19. The predicted octanol–water partition coefficient (Wildman–Crippen LogP) is -0.155. The predicted molar refractivity (Wildman–Crippen MR) is 67.5 cm³/mol. The molecule has 2 atom stereocenters. The van der Waals surface area contributed by atoms with E-state index >= 15 is 0 Å². The maximum Gasteiger partial charge on any atom is 0.323 e. The molecule has 5 N–H and O–H groups in total. The fourth-order valence-corrected chi connectivity index (χ4v) is 2.08. The van der Waals surface area contributed by atoms with Crippen LogP contribution in [0, 0.1) is 0 Å². The first-order valence-corrected chi connectivity index (χ1v) is 7.04. The third-order valence-corrected chi connectivity index (χ3v) is 3.13. The van der Waals surface area contributed by atoms with E-state index in [1.165, 1.54) is 0 Å². The second-order valence-corrected chi connectivity index (χ2v) is 4.84. The average molecular weight is 325 g/mol. The molecule has 0 bridgehead atoms. The van der Waals surface area contributed by atoms with Crippen LogP contribution < -0.4 is 5.32 Å². The third kappa shape index (κ3) is 8.53. The van der Waals surface area contributed by atoms with Gasteiger partial charge in [0.1, 0.15) is 18.8 Å². The molecule has 0 aromatic heterocycles. The van der Waals surface area contributed by atoms with Gasteiger partial charge in [-0.15, -0.1) is 0 Å². The van der Waals surface area contributed by atoms with Crippen molar-refractivity contribution in [2.75, 3.05) is 19.8 Å². The maximum atomic E-state index is 11.6. The Morgan fingerprint density at radius 2 is 2.00 bits per heavy atom. The second kappa shape index (κ2) is 10.8. The molecule has 0 spiro atoms. The van der Waals surface area contributed by atoms with Gasteiger partial charge in [-0.1, -0.05) is 0 Å². The van der Waals surface area contributed by atoms with E-state index in [0.717, 1.165) is 19.4 Å². The molecular formula is C11H23N3O8. The molecule has 1 aliphatic heterocycles. The normalized spacial score (nSPS) is 19.8. The van der Waals surface area contributed by atoms with E-state index in [-0.39, 0.29) is 25.2 Å². The number of rotatable bonds is 11. The monoisotopic (exact) mass is 325 g/mol. The molecule has 1 saturated heterocycles. The largest absolute Gasteiger partial charge is 0.465 e. The highest BCUT2D eigenvalue weighted by atomic mass is 17.1. The summed E-state index contributed by atoms with van der Waals surface area (Å²) in [5, 5.41) is 36.1. The second-order valence-electron chi connectivity index (χ2n) is 4.84. The first kappa shape index (κ1) is 19.2. The molecule has 1 heterocycles. The number of nitrogens with zero attached hydrogens (tertiary/aromatic N) is 2. The highest BCUT2D eigenvalue weighted by molar-refractivity contribution is 5.76. The smallest absolute Gasteiger partial charge is 0.323 e. The molecule has 1 aliphatic rings. The van der Waals surface area contributed by atoms with Crippen molar-refractivity contribution in [1.29, 1.82) is 0 Å². The Balaban J connectivity index is 2.11. The summed E-state index contributed by atoms with van der Waals surface area (Å²) in [7, 11) is 0. The summed E-state index contributed by atoms with van der Waals surface area (Å²) in [6, 6.07) is -0.220. The van der Waals surface area contributed by atoms with Gasteiger partial charge in [-0.05, 0) is 38.6 Å². The van der Waals surface area contributed by atoms with Crippen LogP contribution >= 0.6 is 0 Å². The molecule has 0 aromatic rings. The van der Waals surface area contributed by atoms with Crippen LogP contribution in [-0.2, 0) is 19.2 Å². The van der Waals surface area contributed by atoms with E-state index in [1.807, 2.05) is 0 Å². The van der Waals surface area contributed by atoms with E-state index in [9.17, 15) is 4.79 Å². The molecule has 11 heteroatoms. The quantitative estimate of drug-likeness (QED) is 0.196. The van der Waals surface area contributed by atoms with Crippen molar-refractivity contribution < 1.29 is 40.0 Å². The lowest BCUT2D eigenvalue weighted by molar-refractivity contribution is -0.527. The lowest BCUT2D eigenvalue weighted by atomic mass is 10.1. The minimum atomic E-state index is -0.816. The zero-order valence-electron chi connectivity index (χ0n) is 12.1. The Labute approximate surface area is 127 Å². The molecule has 0 aromatic carbocycles. The van der Waals surface area contributed by atoms with Crippen LogP contribution in [0.1, 0.15) is 32.1 Å². The van der Waals surface area contributed by atoms with Crippen molar-refractivity contribution >= 4 is 5.97 Å². The van der Waals surface area contributed by atoms with Crippen molar-refractivity contribution in [3.63, 3.8) is 0 Å². The highest BCUT2D eigenvalue weighted by Gasteiger charge is 2.23. The summed E-state index contributed by atoms with van der Waals surface area (Å²) in [5.41, 5.74) is 0. The minimum Gasteiger partial charge on any atom is -0.465 e. The molecule has 11 nitrogen and oxygen atoms in total. The molecular weight excluding hydrogens is 302 g/mol. The van der Waals surface area contributed by atoms with E-state index in [0.29, 0.717) is 19.3 Å². The zero-order valence-corrected chi connectivity index (χ0v) is 12.1. The molecule has 130 valence electrons. The Kier molecular flexibility index (Phi) is 9.38. The Morgan fingerprint density at radius 1 is 1.23 bits per heavy atom. The molecule has 0 radical (unpaired) electrons. The summed E-state index contributed by atoms with van der Waals surface area (Å²) < 4.78 is 5.12. The number of hydrogen-bond acceptors (Lipinski definition) is 11. The van der Waals surface area contributed by atoms with Crippen LogP contribution in [0.4, 0.5) is 0 Å². The molecule has 1 rings (SSSR count). The van der Waals surface area contributed by atoms with E-state index in [4.69, 9.17) is 25.6 Å². The minimum absolute atomic E-state index is 0.220. The van der Waals surface area contributed by atoms with Gasteiger partial charge in [0.15, 0.2) is 0 Å². The van der Waals surface area contributed by atoms with Crippen LogP contribution in [0.5, 0.6) is 0 Å². The number of carbonyl (C=O) groups is 1. The van der Waals surface area contributed by atoms with Crippen molar-refractivity contribution in [3.05, 3.63) is 0 Å². The van der Waals surface area contributed by atoms with Crippen molar-refractivity contribution in [3.8, 4) is 0 Å². The van der Waals surface area contributed by atoms with Crippen LogP contribution in [0.2, 0.25) is 0 Å². The van der Waals surface area contributed by atoms with Crippen molar-refractivity contribution in [2.24, 2.45) is 0 Å². The molecule has 0 amide bonds. The van der Waals surface area contributed by atoms with Gasteiger partial charge in [0.2, 0.25) is 0 Å². The molecule has 1 fully saturated rings. The topological polar surface area (TPSA) is 144 Å². The van der Waals surface area contributed by atoms with Crippen LogP contribution in [0.15, 0.2) is 0 Å². The van der Waals surface area contributed by atoms with Gasteiger partial charge in [0, 0.05) is 0 Å². The number of nitrogens with one attached hydrogen (secondary N) is 1. The van der Waals surface area contributed by atoms with Gasteiger partial charge in [-0.25, -0.2) is 9.68 Å². The van der Waals surface area contributed by atoms with Crippen LogP contribution in [0.25, 0.3) is 0 Å². The van der Waals surface area contributed by atoms with E-state index < -0.39 is 16.9 Å². The first-order valence-electron chi connectivity index (χ1n) is 7.04. The Morgan fingerprint density at radius 3 is 2.59 bits per heavy atom. The molecule has 0 aliphatic carbocycles. The number of esters is 1. The fourth-order valence-electron chi connectivity index (χ4n) is 2.08. The van der Waals surface area contributed by atoms with Gasteiger partial charge < -0.3 is 10.1 Å². The molecule has 1 unspecified atom stereocenters. The third-order valence-electron chi connectivity index (χ3n) is 3.13. The van der Waals surface area contributed by atoms with Crippen LogP contribution in [0.3, 0.4) is 0 Å². The SMILES string of the molecule is O=C(OCCCC[C@H](CON(O)O)ON(O)O)C1CCCN1. The van der Waals surface area contributed by atoms with Crippen LogP contribution in [-0.4, -0.2) is 69.5 Å². The molecule has 22 heavy (non-hydrogen) atoms. The number of ether oxygens (including phenoxy) is 1. The summed E-state index contributed by atoms with van der Waals surface area (Å²) >= 11 is 0. The number of carbonyl (C=O) groups excluding carboxylic acids is 1. The summed E-state index contributed by atoms with van der Waals surface area (Å²) in [5.74, 6) is -0.262. The Hall–Kier alpha value is -0.890. The summed E-state index contributed by atoms with van der Waals surface area (Å²) in [6.45, 7) is 0.763. The zero-order chi connectivity index (χ0) is 16.4. The van der Waals surface area contributed by atoms with Gasteiger partial charge in [-0.2, -0.15) is 0 Å². The molecule has 0 saturated carbocycles. The van der Waals surface area contributed by atoms with Crippen molar-refractivity contribution in [1.82, 2.24) is 16.1 Å².